The third-order valence-electron chi connectivity index (χ3n) is 5.77. The molecule has 150 valence electrons. The number of ether oxygens (including phenoxy) is 1. The normalized spacial score (nSPS) is 25.8. The van der Waals surface area contributed by atoms with Crippen molar-refractivity contribution >= 4 is 40.7 Å². The number of nitrogens with one attached hydrogen (secondary N) is 2. The van der Waals surface area contributed by atoms with E-state index < -0.39 is 0 Å². The Morgan fingerprint density at radius 2 is 2.00 bits per heavy atom. The van der Waals surface area contributed by atoms with E-state index in [1.54, 1.807) is 7.05 Å². The molecular formula is C19H23ClN4O4. The summed E-state index contributed by atoms with van der Waals surface area (Å²) >= 11 is 6.38. The van der Waals surface area contributed by atoms with Gasteiger partial charge in [0.05, 0.1) is 16.3 Å². The molecule has 1 aromatic carbocycles. The second-order valence-corrected chi connectivity index (χ2v) is 8.01. The van der Waals surface area contributed by atoms with Gasteiger partial charge in [-0.3, -0.25) is 14.4 Å². The molecule has 5 rings (SSSR count). The lowest BCUT2D eigenvalue weighted by atomic mass is 9.84. The highest BCUT2D eigenvalue weighted by Crippen LogP contribution is 2.45. The molecule has 0 aliphatic carbocycles. The second-order valence-electron chi connectivity index (χ2n) is 7.60. The minimum Gasteiger partial charge on any atom is -0.481 e. The zero-order valence-corrected chi connectivity index (χ0v) is 16.6. The van der Waals surface area contributed by atoms with Gasteiger partial charge < -0.3 is 25.2 Å². The number of benzene rings is 1. The van der Waals surface area contributed by atoms with Crippen LogP contribution in [0.15, 0.2) is 6.07 Å². The Labute approximate surface area is 168 Å². The van der Waals surface area contributed by atoms with Gasteiger partial charge in [0.1, 0.15) is 5.69 Å². The van der Waals surface area contributed by atoms with Gasteiger partial charge in [-0.15, -0.1) is 0 Å². The Morgan fingerprint density at radius 3 is 2.61 bits per heavy atom. The zero-order valence-electron chi connectivity index (χ0n) is 15.9. The molecule has 0 spiro atoms. The Bertz CT molecular complexity index is 851. The van der Waals surface area contributed by atoms with Gasteiger partial charge in [0.15, 0.2) is 12.4 Å². The van der Waals surface area contributed by atoms with E-state index in [-0.39, 0.29) is 52.4 Å². The van der Waals surface area contributed by atoms with Crippen LogP contribution in [0.2, 0.25) is 5.02 Å². The Hall–Kier alpha value is -2.32. The van der Waals surface area contributed by atoms with Crippen molar-refractivity contribution in [1.29, 1.82) is 0 Å². The zero-order chi connectivity index (χ0) is 20.0. The van der Waals surface area contributed by atoms with E-state index in [2.05, 4.69) is 15.5 Å². The molecule has 4 aliphatic rings. The number of amides is 3. The number of carbonyl (C=O) groups is 3. The predicted molar refractivity (Wildman–Crippen MR) is 105 cm³/mol. The van der Waals surface area contributed by atoms with Crippen molar-refractivity contribution in [2.45, 2.75) is 25.8 Å². The highest BCUT2D eigenvalue weighted by molar-refractivity contribution is 6.35. The number of nitrogens with zero attached hydrogens (tertiary/aromatic N) is 2. The first kappa shape index (κ1) is 19.0. The molecule has 3 amide bonds. The summed E-state index contributed by atoms with van der Waals surface area (Å²) in [6.45, 7) is 4.18. The van der Waals surface area contributed by atoms with Crippen molar-refractivity contribution in [3.63, 3.8) is 0 Å². The first-order chi connectivity index (χ1) is 13.3. The van der Waals surface area contributed by atoms with E-state index in [0.717, 1.165) is 32.5 Å². The number of piperidine rings is 3. The van der Waals surface area contributed by atoms with Crippen LogP contribution in [0.4, 0.5) is 11.4 Å². The summed E-state index contributed by atoms with van der Waals surface area (Å²) in [4.78, 5) is 40.5. The van der Waals surface area contributed by atoms with E-state index >= 15 is 0 Å². The van der Waals surface area contributed by atoms with E-state index in [9.17, 15) is 14.4 Å². The maximum absolute atomic E-state index is 13.1. The van der Waals surface area contributed by atoms with Gasteiger partial charge in [0, 0.05) is 26.6 Å². The fourth-order valence-electron chi connectivity index (χ4n) is 4.28. The van der Waals surface area contributed by atoms with Crippen LogP contribution in [-0.4, -0.2) is 62.0 Å². The molecule has 1 atom stereocenters. The first-order valence-electron chi connectivity index (χ1n) is 9.41. The molecule has 4 heterocycles. The summed E-state index contributed by atoms with van der Waals surface area (Å²) in [5, 5.41) is 5.94. The Kier molecular flexibility index (Phi) is 4.93. The Balaban J connectivity index is 1.69. The van der Waals surface area contributed by atoms with Crippen LogP contribution in [-0.2, 0) is 9.59 Å². The molecule has 9 heteroatoms. The number of carbonyl (C=O) groups excluding carboxylic acids is 3. The van der Waals surface area contributed by atoms with Crippen molar-refractivity contribution in [2.75, 3.05) is 43.5 Å². The quantitative estimate of drug-likeness (QED) is 0.793. The van der Waals surface area contributed by atoms with Crippen LogP contribution in [0.1, 0.15) is 30.1 Å². The number of fused-ring (bicyclic) bond motifs is 4. The number of anilines is 2. The monoisotopic (exact) mass is 406 g/mol. The first-order valence-corrected chi connectivity index (χ1v) is 9.79. The van der Waals surface area contributed by atoms with Gasteiger partial charge in [-0.05, 0) is 37.9 Å². The summed E-state index contributed by atoms with van der Waals surface area (Å²) in [5.41, 5.74) is 0.835. The molecule has 0 radical (unpaired) electrons. The number of halogens is 1. The fourth-order valence-corrected chi connectivity index (χ4v) is 4.52. The molecule has 3 fully saturated rings. The molecule has 0 aromatic heterocycles. The van der Waals surface area contributed by atoms with Crippen LogP contribution in [0.25, 0.3) is 0 Å². The molecule has 28 heavy (non-hydrogen) atoms. The Morgan fingerprint density at radius 1 is 1.29 bits per heavy atom. The van der Waals surface area contributed by atoms with Crippen LogP contribution in [0, 0.1) is 5.92 Å². The molecule has 4 aliphatic heterocycles. The van der Waals surface area contributed by atoms with E-state index in [1.165, 1.54) is 17.9 Å². The highest BCUT2D eigenvalue weighted by atomic mass is 35.5. The number of hydrogen-bond donors (Lipinski definition) is 2. The SMILES string of the molecule is CC(=O)Nc1c(Cl)cc(C(=O)NC2CN3CCC2CC3)c2c1N(C)C(=O)CO2. The maximum Gasteiger partial charge on any atom is 0.264 e. The van der Waals surface area contributed by atoms with E-state index in [1.807, 2.05) is 0 Å². The third kappa shape index (κ3) is 3.31. The average Bonchev–Trinajstić information content (AvgIpc) is 2.67. The molecule has 8 nitrogen and oxygen atoms in total. The standard InChI is InChI=1S/C19H23ClN4O4/c1-10(25)21-16-13(20)7-12(18-17(16)23(2)15(26)9-28-18)19(27)22-14-8-24-5-3-11(14)4-6-24/h7,11,14H,3-6,8-9H2,1-2H3,(H,21,25)(H,22,27). The minimum absolute atomic E-state index is 0.0856. The maximum atomic E-state index is 13.1. The molecule has 2 bridgehead atoms. The van der Waals surface area contributed by atoms with Gasteiger partial charge in [0.2, 0.25) is 5.91 Å². The molecule has 2 N–H and O–H groups in total. The van der Waals surface area contributed by atoms with E-state index in [4.69, 9.17) is 16.3 Å². The van der Waals surface area contributed by atoms with Gasteiger partial charge in [-0.2, -0.15) is 0 Å². The highest BCUT2D eigenvalue weighted by Gasteiger charge is 2.37. The number of hydrogen-bond acceptors (Lipinski definition) is 5. The lowest BCUT2D eigenvalue weighted by Gasteiger charge is -2.45. The summed E-state index contributed by atoms with van der Waals surface area (Å²) in [6.07, 6.45) is 2.16. The molecule has 1 aromatic rings. The number of rotatable bonds is 3. The van der Waals surface area contributed by atoms with Crippen LogP contribution in [0.5, 0.6) is 5.75 Å². The number of likely N-dealkylation sites (N-methyl/N-ethyl adjacent to an activating group) is 1. The molecular weight excluding hydrogens is 384 g/mol. The lowest BCUT2D eigenvalue weighted by molar-refractivity contribution is -0.121. The van der Waals surface area contributed by atoms with Crippen molar-refractivity contribution in [2.24, 2.45) is 5.92 Å². The van der Waals surface area contributed by atoms with Crippen LogP contribution >= 0.6 is 11.6 Å². The minimum atomic E-state index is -0.333. The van der Waals surface area contributed by atoms with Gasteiger partial charge in [-0.1, -0.05) is 11.6 Å². The second kappa shape index (κ2) is 7.25. The largest absolute Gasteiger partial charge is 0.481 e. The summed E-state index contributed by atoms with van der Waals surface area (Å²) in [7, 11) is 1.57. The van der Waals surface area contributed by atoms with Crippen molar-refractivity contribution in [1.82, 2.24) is 10.2 Å². The summed E-state index contributed by atoms with van der Waals surface area (Å²) in [5.74, 6) is -0.169. The smallest absolute Gasteiger partial charge is 0.264 e. The topological polar surface area (TPSA) is 91.0 Å². The molecule has 3 saturated heterocycles. The van der Waals surface area contributed by atoms with Gasteiger partial charge in [-0.25, -0.2) is 0 Å². The van der Waals surface area contributed by atoms with Crippen LogP contribution in [0.3, 0.4) is 0 Å². The average molecular weight is 407 g/mol. The molecule has 1 unspecified atom stereocenters. The summed E-state index contributed by atoms with van der Waals surface area (Å²) in [6, 6.07) is 1.58. The van der Waals surface area contributed by atoms with Crippen LogP contribution < -0.4 is 20.3 Å². The van der Waals surface area contributed by atoms with Crippen molar-refractivity contribution in [3.8, 4) is 5.75 Å². The van der Waals surface area contributed by atoms with Crippen molar-refractivity contribution in [3.05, 3.63) is 16.7 Å². The lowest BCUT2D eigenvalue weighted by Crippen LogP contribution is -2.57. The predicted octanol–water partition coefficient (Wildman–Crippen LogP) is 1.48. The summed E-state index contributed by atoms with van der Waals surface area (Å²) < 4.78 is 5.61. The van der Waals surface area contributed by atoms with Gasteiger partial charge >= 0.3 is 0 Å². The van der Waals surface area contributed by atoms with Gasteiger partial charge in [0.25, 0.3) is 11.8 Å². The third-order valence-corrected chi connectivity index (χ3v) is 6.07. The van der Waals surface area contributed by atoms with Crippen molar-refractivity contribution < 1.29 is 19.1 Å². The van der Waals surface area contributed by atoms with E-state index in [0.29, 0.717) is 11.6 Å². The molecule has 0 saturated carbocycles. The fraction of sp³-hybridized carbons (Fsp3) is 0.526.